The SMILES string of the molecule is O=C(NCCc1nc(C(=O)O)cs1)c1cccc(Br)c1. The smallest absolute Gasteiger partial charge is 0.355 e. The van der Waals surface area contributed by atoms with E-state index in [9.17, 15) is 9.59 Å². The van der Waals surface area contributed by atoms with Crippen molar-refractivity contribution >= 4 is 39.1 Å². The maximum atomic E-state index is 11.9. The van der Waals surface area contributed by atoms with E-state index < -0.39 is 5.97 Å². The molecule has 1 amide bonds. The van der Waals surface area contributed by atoms with Gasteiger partial charge in [-0.05, 0) is 18.2 Å². The minimum atomic E-state index is -1.04. The quantitative estimate of drug-likeness (QED) is 0.864. The van der Waals surface area contributed by atoms with Gasteiger partial charge in [-0.1, -0.05) is 22.0 Å². The number of nitrogens with zero attached hydrogens (tertiary/aromatic N) is 1. The molecule has 0 radical (unpaired) electrons. The van der Waals surface area contributed by atoms with Gasteiger partial charge in [-0.15, -0.1) is 11.3 Å². The van der Waals surface area contributed by atoms with Crippen molar-refractivity contribution in [3.63, 3.8) is 0 Å². The van der Waals surface area contributed by atoms with E-state index in [0.717, 1.165) is 4.47 Å². The highest BCUT2D eigenvalue weighted by Gasteiger charge is 2.09. The van der Waals surface area contributed by atoms with Crippen molar-refractivity contribution in [2.75, 3.05) is 6.54 Å². The summed E-state index contributed by atoms with van der Waals surface area (Å²) < 4.78 is 0.844. The second kappa shape index (κ2) is 6.62. The molecule has 0 unspecified atom stereocenters. The average Bonchev–Trinajstić information content (AvgIpc) is 2.87. The fraction of sp³-hybridized carbons (Fsp3) is 0.154. The van der Waals surface area contributed by atoms with Crippen LogP contribution in [0.25, 0.3) is 0 Å². The first kappa shape index (κ1) is 14.7. The molecule has 1 heterocycles. The number of amides is 1. The minimum Gasteiger partial charge on any atom is -0.476 e. The van der Waals surface area contributed by atoms with Crippen molar-refractivity contribution < 1.29 is 14.7 Å². The number of carboxylic acid groups (broad SMARTS) is 1. The van der Waals surface area contributed by atoms with Gasteiger partial charge in [0.2, 0.25) is 0 Å². The number of thiazole rings is 1. The Morgan fingerprint density at radius 1 is 1.40 bits per heavy atom. The lowest BCUT2D eigenvalue weighted by atomic mass is 10.2. The molecule has 20 heavy (non-hydrogen) atoms. The lowest BCUT2D eigenvalue weighted by molar-refractivity contribution is 0.0690. The zero-order valence-corrected chi connectivity index (χ0v) is 12.7. The predicted molar refractivity (Wildman–Crippen MR) is 79.3 cm³/mol. The molecule has 0 bridgehead atoms. The Hall–Kier alpha value is -1.73. The van der Waals surface area contributed by atoms with Crippen molar-refractivity contribution in [1.29, 1.82) is 0 Å². The summed E-state index contributed by atoms with van der Waals surface area (Å²) in [5.41, 5.74) is 0.619. The number of halogens is 1. The molecule has 0 aliphatic rings. The van der Waals surface area contributed by atoms with Gasteiger partial charge < -0.3 is 10.4 Å². The highest BCUT2D eigenvalue weighted by Crippen LogP contribution is 2.12. The number of carbonyl (C=O) groups is 2. The Bertz CT molecular complexity index is 642. The summed E-state index contributed by atoms with van der Waals surface area (Å²) in [5, 5.41) is 13.7. The van der Waals surface area contributed by atoms with Crippen LogP contribution in [-0.2, 0) is 6.42 Å². The molecule has 0 fully saturated rings. The molecule has 0 atom stereocenters. The number of nitrogens with one attached hydrogen (secondary N) is 1. The third kappa shape index (κ3) is 3.88. The van der Waals surface area contributed by atoms with E-state index in [2.05, 4.69) is 26.2 Å². The molecule has 1 aromatic carbocycles. The molecule has 0 aliphatic heterocycles. The van der Waals surface area contributed by atoms with Crippen molar-refractivity contribution in [3.8, 4) is 0 Å². The highest BCUT2D eigenvalue weighted by atomic mass is 79.9. The van der Waals surface area contributed by atoms with Crippen LogP contribution in [0.4, 0.5) is 0 Å². The van der Waals surface area contributed by atoms with Gasteiger partial charge in [0, 0.05) is 28.4 Å². The Kier molecular flexibility index (Phi) is 4.86. The Balaban J connectivity index is 1.86. The number of carbonyl (C=O) groups excluding carboxylic acids is 1. The van der Waals surface area contributed by atoms with Crippen LogP contribution in [0.5, 0.6) is 0 Å². The van der Waals surface area contributed by atoms with Gasteiger partial charge in [-0.3, -0.25) is 4.79 Å². The summed E-state index contributed by atoms with van der Waals surface area (Å²) in [5.74, 6) is -1.20. The molecule has 7 heteroatoms. The highest BCUT2D eigenvalue weighted by molar-refractivity contribution is 9.10. The topological polar surface area (TPSA) is 79.3 Å². The van der Waals surface area contributed by atoms with Crippen LogP contribution in [0, 0.1) is 0 Å². The van der Waals surface area contributed by atoms with Crippen LogP contribution in [0.3, 0.4) is 0 Å². The number of hydrogen-bond acceptors (Lipinski definition) is 4. The Morgan fingerprint density at radius 2 is 2.20 bits per heavy atom. The van der Waals surface area contributed by atoms with Crippen LogP contribution in [0.2, 0.25) is 0 Å². The van der Waals surface area contributed by atoms with Crippen LogP contribution in [0.15, 0.2) is 34.1 Å². The molecule has 104 valence electrons. The van der Waals surface area contributed by atoms with E-state index in [1.54, 1.807) is 18.2 Å². The molecule has 2 aromatic rings. The number of hydrogen-bond donors (Lipinski definition) is 2. The number of aromatic carboxylic acids is 1. The number of rotatable bonds is 5. The molecule has 0 saturated carbocycles. The molecule has 0 aliphatic carbocycles. The normalized spacial score (nSPS) is 10.2. The van der Waals surface area contributed by atoms with Crippen molar-refractivity contribution in [3.05, 3.63) is 50.4 Å². The predicted octanol–water partition coefficient (Wildman–Crippen LogP) is 2.58. The van der Waals surface area contributed by atoms with Crippen LogP contribution < -0.4 is 5.32 Å². The van der Waals surface area contributed by atoms with Gasteiger partial charge in [-0.25, -0.2) is 9.78 Å². The van der Waals surface area contributed by atoms with E-state index in [1.807, 2.05) is 6.07 Å². The first-order chi connectivity index (χ1) is 9.56. The molecule has 2 N–H and O–H groups in total. The molecule has 0 spiro atoms. The number of aromatic nitrogens is 1. The number of benzene rings is 1. The summed E-state index contributed by atoms with van der Waals surface area (Å²) in [7, 11) is 0. The maximum absolute atomic E-state index is 11.9. The van der Waals surface area contributed by atoms with E-state index in [4.69, 9.17) is 5.11 Å². The summed E-state index contributed by atoms with van der Waals surface area (Å²) in [4.78, 5) is 26.5. The first-order valence-electron chi connectivity index (χ1n) is 5.78. The monoisotopic (exact) mass is 354 g/mol. The van der Waals surface area contributed by atoms with Crippen LogP contribution in [-0.4, -0.2) is 28.5 Å². The summed E-state index contributed by atoms with van der Waals surface area (Å²) in [6.45, 7) is 0.415. The third-order valence-corrected chi connectivity index (χ3v) is 3.88. The van der Waals surface area contributed by atoms with Gasteiger partial charge in [0.15, 0.2) is 5.69 Å². The van der Waals surface area contributed by atoms with E-state index in [-0.39, 0.29) is 11.6 Å². The minimum absolute atomic E-state index is 0.0447. The fourth-order valence-corrected chi connectivity index (χ4v) is 2.71. The van der Waals surface area contributed by atoms with Gasteiger partial charge in [0.1, 0.15) is 0 Å². The summed E-state index contributed by atoms with van der Waals surface area (Å²) >= 11 is 4.58. The lowest BCUT2D eigenvalue weighted by Crippen LogP contribution is -2.25. The molecule has 2 rings (SSSR count). The molecule has 1 aromatic heterocycles. The summed E-state index contributed by atoms with van der Waals surface area (Å²) in [6.07, 6.45) is 0.512. The van der Waals surface area contributed by atoms with Crippen molar-refractivity contribution in [2.45, 2.75) is 6.42 Å². The van der Waals surface area contributed by atoms with Gasteiger partial charge >= 0.3 is 5.97 Å². The zero-order valence-electron chi connectivity index (χ0n) is 10.3. The van der Waals surface area contributed by atoms with Crippen molar-refractivity contribution in [2.24, 2.45) is 0 Å². The second-order valence-electron chi connectivity index (χ2n) is 3.95. The van der Waals surface area contributed by atoms with Crippen LogP contribution in [0.1, 0.15) is 25.9 Å². The van der Waals surface area contributed by atoms with Crippen LogP contribution >= 0.6 is 27.3 Å². The van der Waals surface area contributed by atoms with Gasteiger partial charge in [0.25, 0.3) is 5.91 Å². The molecular weight excluding hydrogens is 344 g/mol. The standard InChI is InChI=1S/C13H11BrN2O3S/c14-9-3-1-2-8(6-9)12(17)15-5-4-11-16-10(7-20-11)13(18)19/h1-3,6-7H,4-5H2,(H,15,17)(H,18,19). The average molecular weight is 355 g/mol. The van der Waals surface area contributed by atoms with Crippen molar-refractivity contribution in [1.82, 2.24) is 10.3 Å². The second-order valence-corrected chi connectivity index (χ2v) is 5.81. The Labute approximate surface area is 127 Å². The first-order valence-corrected chi connectivity index (χ1v) is 7.45. The Morgan fingerprint density at radius 3 is 2.85 bits per heavy atom. The summed E-state index contributed by atoms with van der Waals surface area (Å²) in [6, 6.07) is 7.10. The van der Waals surface area contributed by atoms with E-state index in [1.165, 1.54) is 16.7 Å². The van der Waals surface area contributed by atoms with Gasteiger partial charge in [-0.2, -0.15) is 0 Å². The van der Waals surface area contributed by atoms with Gasteiger partial charge in [0.05, 0.1) is 5.01 Å². The molecular formula is C13H11BrN2O3S. The molecule has 5 nitrogen and oxygen atoms in total. The maximum Gasteiger partial charge on any atom is 0.355 e. The largest absolute Gasteiger partial charge is 0.476 e. The lowest BCUT2D eigenvalue weighted by Gasteiger charge is -2.04. The molecule has 0 saturated heterocycles. The third-order valence-electron chi connectivity index (χ3n) is 2.48. The van der Waals surface area contributed by atoms with E-state index >= 15 is 0 Å². The van der Waals surface area contributed by atoms with E-state index in [0.29, 0.717) is 23.5 Å². The number of carboxylic acids is 1. The fourth-order valence-electron chi connectivity index (χ4n) is 1.54. The zero-order chi connectivity index (χ0) is 14.5.